The molecule has 2 heterocycles. The molecular formula is C24H28N4O3S. The Hall–Kier alpha value is -2.97. The summed E-state index contributed by atoms with van der Waals surface area (Å²) in [6.45, 7) is 4.11. The standard InChI is InChI=1S/C24H28N4O3S/c1-17-15-23(27(3)26-17)25-24(29)21-12-10-19(11-13-21)16-28-18(2)9-14-22(32(28,30)31)20-7-5-4-6-8-20/h4-8,10-13,15,18,22H,9,14,16H2,1-3H3,(H,25,29). The molecule has 8 heteroatoms. The van der Waals surface area contributed by atoms with Gasteiger partial charge in [0.15, 0.2) is 0 Å². The predicted octanol–water partition coefficient (Wildman–Crippen LogP) is 4.04. The molecule has 2 atom stereocenters. The molecule has 1 fully saturated rings. The maximum atomic E-state index is 13.4. The predicted molar refractivity (Wildman–Crippen MR) is 125 cm³/mol. The zero-order valence-electron chi connectivity index (χ0n) is 18.5. The van der Waals surface area contributed by atoms with Crippen LogP contribution in [0, 0.1) is 6.92 Å². The van der Waals surface area contributed by atoms with E-state index >= 15 is 0 Å². The van der Waals surface area contributed by atoms with Crippen LogP contribution >= 0.6 is 0 Å². The van der Waals surface area contributed by atoms with Gasteiger partial charge in [0.25, 0.3) is 5.91 Å². The van der Waals surface area contributed by atoms with Crippen LogP contribution in [0.5, 0.6) is 0 Å². The Bertz CT molecular complexity index is 1200. The van der Waals surface area contributed by atoms with Crippen LogP contribution in [0.2, 0.25) is 0 Å². The Morgan fingerprint density at radius 3 is 2.41 bits per heavy atom. The quantitative estimate of drug-likeness (QED) is 0.633. The summed E-state index contributed by atoms with van der Waals surface area (Å²) < 4.78 is 30.0. The lowest BCUT2D eigenvalue weighted by molar-refractivity contribution is 0.102. The largest absolute Gasteiger partial charge is 0.307 e. The lowest BCUT2D eigenvalue weighted by Gasteiger charge is -2.37. The van der Waals surface area contributed by atoms with Gasteiger partial charge >= 0.3 is 0 Å². The van der Waals surface area contributed by atoms with Crippen molar-refractivity contribution in [3.8, 4) is 0 Å². The Morgan fingerprint density at radius 2 is 1.78 bits per heavy atom. The molecule has 1 aliphatic rings. The molecule has 2 aromatic carbocycles. The molecule has 0 radical (unpaired) electrons. The topological polar surface area (TPSA) is 84.3 Å². The molecule has 0 aliphatic carbocycles. The van der Waals surface area contributed by atoms with E-state index in [4.69, 9.17) is 0 Å². The van der Waals surface area contributed by atoms with Gasteiger partial charge in [-0.05, 0) is 49.9 Å². The van der Waals surface area contributed by atoms with E-state index in [1.165, 1.54) is 0 Å². The Balaban J connectivity index is 1.49. The van der Waals surface area contributed by atoms with Crippen molar-refractivity contribution < 1.29 is 13.2 Å². The maximum Gasteiger partial charge on any atom is 0.256 e. The van der Waals surface area contributed by atoms with E-state index < -0.39 is 15.3 Å². The molecular weight excluding hydrogens is 424 g/mol. The maximum absolute atomic E-state index is 13.4. The number of anilines is 1. The Labute approximate surface area is 189 Å². The van der Waals surface area contributed by atoms with Crippen LogP contribution < -0.4 is 5.32 Å². The number of carbonyl (C=O) groups excluding carboxylic acids is 1. The second-order valence-corrected chi connectivity index (χ2v) is 10.4. The van der Waals surface area contributed by atoms with Gasteiger partial charge in [-0.15, -0.1) is 0 Å². The number of nitrogens with one attached hydrogen (secondary N) is 1. The average molecular weight is 453 g/mol. The molecule has 168 valence electrons. The van der Waals surface area contributed by atoms with Crippen LogP contribution in [0.3, 0.4) is 0 Å². The molecule has 7 nitrogen and oxygen atoms in total. The fourth-order valence-corrected chi connectivity index (χ4v) is 6.41. The molecule has 32 heavy (non-hydrogen) atoms. The number of rotatable bonds is 5. The van der Waals surface area contributed by atoms with Gasteiger partial charge in [-0.1, -0.05) is 42.5 Å². The van der Waals surface area contributed by atoms with Gasteiger partial charge < -0.3 is 5.32 Å². The summed E-state index contributed by atoms with van der Waals surface area (Å²) >= 11 is 0. The van der Waals surface area contributed by atoms with Crippen LogP contribution in [0.25, 0.3) is 0 Å². The number of amides is 1. The first-order valence-corrected chi connectivity index (χ1v) is 12.2. The van der Waals surface area contributed by atoms with Crippen molar-refractivity contribution in [3.05, 3.63) is 83.0 Å². The summed E-state index contributed by atoms with van der Waals surface area (Å²) in [6, 6.07) is 18.2. The van der Waals surface area contributed by atoms with Crippen LogP contribution in [-0.4, -0.2) is 34.5 Å². The second-order valence-electron chi connectivity index (χ2n) is 8.36. The number of aryl methyl sites for hydroxylation is 2. The minimum atomic E-state index is -3.49. The van der Waals surface area contributed by atoms with E-state index in [2.05, 4.69) is 10.4 Å². The number of hydrogen-bond donors (Lipinski definition) is 1. The third-order valence-electron chi connectivity index (χ3n) is 5.99. The summed E-state index contributed by atoms with van der Waals surface area (Å²) in [5.74, 6) is 0.388. The Morgan fingerprint density at radius 1 is 1.09 bits per heavy atom. The van der Waals surface area contributed by atoms with Crippen molar-refractivity contribution in [1.82, 2.24) is 14.1 Å². The molecule has 4 rings (SSSR count). The van der Waals surface area contributed by atoms with Crippen molar-refractivity contribution in [1.29, 1.82) is 0 Å². The van der Waals surface area contributed by atoms with Gasteiger partial charge in [0.05, 0.1) is 5.69 Å². The fourth-order valence-electron chi connectivity index (χ4n) is 4.21. The minimum Gasteiger partial charge on any atom is -0.307 e. The van der Waals surface area contributed by atoms with Gasteiger partial charge in [0.2, 0.25) is 10.0 Å². The molecule has 3 aromatic rings. The van der Waals surface area contributed by atoms with Crippen molar-refractivity contribution in [3.63, 3.8) is 0 Å². The average Bonchev–Trinajstić information content (AvgIpc) is 3.08. The number of carbonyl (C=O) groups is 1. The van der Waals surface area contributed by atoms with Crippen LogP contribution in [0.4, 0.5) is 5.82 Å². The summed E-state index contributed by atoms with van der Waals surface area (Å²) in [6.07, 6.45) is 1.43. The van der Waals surface area contributed by atoms with Gasteiger partial charge in [-0.3, -0.25) is 9.48 Å². The highest BCUT2D eigenvalue weighted by Gasteiger charge is 2.40. The summed E-state index contributed by atoms with van der Waals surface area (Å²) in [7, 11) is -1.72. The SMILES string of the molecule is Cc1cc(NC(=O)c2ccc(CN3C(C)CCC(c4ccccc4)S3(=O)=O)cc2)n(C)n1. The van der Waals surface area contributed by atoms with Crippen LogP contribution in [0.15, 0.2) is 60.7 Å². The summed E-state index contributed by atoms with van der Waals surface area (Å²) in [5, 5.41) is 6.55. The van der Waals surface area contributed by atoms with Crippen molar-refractivity contribution in [2.75, 3.05) is 5.32 Å². The monoisotopic (exact) mass is 452 g/mol. The first-order chi connectivity index (χ1) is 15.3. The van der Waals surface area contributed by atoms with Crippen molar-refractivity contribution >= 4 is 21.7 Å². The number of aromatic nitrogens is 2. The molecule has 2 unspecified atom stereocenters. The number of nitrogens with zero attached hydrogens (tertiary/aromatic N) is 3. The highest BCUT2D eigenvalue weighted by Crippen LogP contribution is 2.38. The zero-order chi connectivity index (χ0) is 22.9. The Kier molecular flexibility index (Phi) is 6.17. The molecule has 1 amide bonds. The normalized spacial score (nSPS) is 20.7. The summed E-state index contributed by atoms with van der Waals surface area (Å²) in [5.41, 5.74) is 3.01. The summed E-state index contributed by atoms with van der Waals surface area (Å²) in [4.78, 5) is 12.6. The van der Waals surface area contributed by atoms with E-state index in [0.717, 1.165) is 23.2 Å². The molecule has 0 saturated carbocycles. The first kappa shape index (κ1) is 22.2. The molecule has 1 N–H and O–H groups in total. The molecule has 0 bridgehead atoms. The highest BCUT2D eigenvalue weighted by atomic mass is 32.2. The van der Waals surface area contributed by atoms with E-state index in [-0.39, 0.29) is 18.5 Å². The molecule has 0 spiro atoms. The van der Waals surface area contributed by atoms with E-state index in [0.29, 0.717) is 17.8 Å². The smallest absolute Gasteiger partial charge is 0.256 e. The van der Waals surface area contributed by atoms with Crippen LogP contribution in [-0.2, 0) is 23.6 Å². The first-order valence-electron chi connectivity index (χ1n) is 10.7. The third-order valence-corrected chi connectivity index (χ3v) is 8.36. The molecule has 1 saturated heterocycles. The minimum absolute atomic E-state index is 0.0731. The van der Waals surface area contributed by atoms with Gasteiger partial charge in [-0.2, -0.15) is 9.40 Å². The van der Waals surface area contributed by atoms with Crippen LogP contribution in [0.1, 0.15) is 52.2 Å². The molecule has 1 aromatic heterocycles. The fraction of sp³-hybridized carbons (Fsp3) is 0.333. The van der Waals surface area contributed by atoms with Gasteiger partial charge in [0.1, 0.15) is 11.1 Å². The highest BCUT2D eigenvalue weighted by molar-refractivity contribution is 7.89. The number of benzene rings is 2. The lowest BCUT2D eigenvalue weighted by Crippen LogP contribution is -2.44. The van der Waals surface area contributed by atoms with Gasteiger partial charge in [0, 0.05) is 31.3 Å². The number of hydrogen-bond acceptors (Lipinski definition) is 4. The van der Waals surface area contributed by atoms with Crippen molar-refractivity contribution in [2.24, 2.45) is 7.05 Å². The van der Waals surface area contributed by atoms with Crippen molar-refractivity contribution in [2.45, 2.75) is 44.5 Å². The van der Waals surface area contributed by atoms with E-state index in [1.807, 2.05) is 56.3 Å². The van der Waals surface area contributed by atoms with E-state index in [9.17, 15) is 13.2 Å². The zero-order valence-corrected chi connectivity index (χ0v) is 19.3. The molecule has 1 aliphatic heterocycles. The lowest BCUT2D eigenvalue weighted by atomic mass is 10.0. The number of sulfonamides is 1. The third kappa shape index (κ3) is 4.47. The van der Waals surface area contributed by atoms with Gasteiger partial charge in [-0.25, -0.2) is 8.42 Å². The van der Waals surface area contributed by atoms with E-state index in [1.54, 1.807) is 34.2 Å². The second kappa shape index (κ2) is 8.88.